The second-order valence-corrected chi connectivity index (χ2v) is 3.68. The summed E-state index contributed by atoms with van der Waals surface area (Å²) in [7, 11) is 0. The van der Waals surface area contributed by atoms with Crippen molar-refractivity contribution >= 4 is 11.8 Å². The highest BCUT2D eigenvalue weighted by Crippen LogP contribution is 2.25. The molecule has 1 N–H and O–H groups in total. The highest BCUT2D eigenvalue weighted by Gasteiger charge is 2.28. The molecule has 2 rings (SSSR count). The van der Waals surface area contributed by atoms with Gasteiger partial charge < -0.3 is 0 Å². The van der Waals surface area contributed by atoms with Crippen LogP contribution in [0.1, 0.15) is 30.0 Å². The lowest BCUT2D eigenvalue weighted by molar-refractivity contribution is -0.134. The number of pyridine rings is 1. The molecule has 0 spiro atoms. The molecule has 1 saturated heterocycles. The number of rotatable bonds is 1. The Bertz CT molecular complexity index is 415. The molecule has 0 radical (unpaired) electrons. The number of hydrogen-bond donors (Lipinski definition) is 1. The van der Waals surface area contributed by atoms with Crippen LogP contribution in [0.4, 0.5) is 0 Å². The molecule has 1 aliphatic rings. The van der Waals surface area contributed by atoms with E-state index in [1.165, 1.54) is 0 Å². The van der Waals surface area contributed by atoms with Crippen LogP contribution in [0.3, 0.4) is 0 Å². The van der Waals surface area contributed by atoms with Gasteiger partial charge in [0.1, 0.15) is 0 Å². The number of nitrogens with one attached hydrogen (secondary N) is 1. The SMILES string of the molecule is Cc1ncccc1C1CCC(=O)NC1=O. The summed E-state index contributed by atoms with van der Waals surface area (Å²) in [6.07, 6.45) is 2.69. The van der Waals surface area contributed by atoms with Gasteiger partial charge in [-0.1, -0.05) is 6.07 Å². The van der Waals surface area contributed by atoms with Crippen molar-refractivity contribution in [2.24, 2.45) is 0 Å². The van der Waals surface area contributed by atoms with Crippen LogP contribution < -0.4 is 5.32 Å². The normalized spacial score (nSPS) is 21.3. The highest BCUT2D eigenvalue weighted by molar-refractivity contribution is 6.01. The van der Waals surface area contributed by atoms with E-state index in [9.17, 15) is 9.59 Å². The van der Waals surface area contributed by atoms with E-state index in [-0.39, 0.29) is 17.7 Å². The maximum absolute atomic E-state index is 11.6. The second-order valence-electron chi connectivity index (χ2n) is 3.68. The molecule has 15 heavy (non-hydrogen) atoms. The van der Waals surface area contributed by atoms with Gasteiger partial charge in [0, 0.05) is 18.3 Å². The first-order valence-electron chi connectivity index (χ1n) is 4.93. The number of aryl methyl sites for hydroxylation is 1. The number of aromatic nitrogens is 1. The van der Waals surface area contributed by atoms with Gasteiger partial charge in [0.05, 0.1) is 5.92 Å². The minimum absolute atomic E-state index is 0.183. The minimum Gasteiger partial charge on any atom is -0.296 e. The molecule has 2 amide bonds. The van der Waals surface area contributed by atoms with Gasteiger partial charge in [-0.3, -0.25) is 19.9 Å². The monoisotopic (exact) mass is 204 g/mol. The fraction of sp³-hybridized carbons (Fsp3) is 0.364. The molecule has 2 heterocycles. The topological polar surface area (TPSA) is 59.1 Å². The van der Waals surface area contributed by atoms with Crippen LogP contribution in [-0.4, -0.2) is 16.8 Å². The number of nitrogens with zero attached hydrogens (tertiary/aromatic N) is 1. The second kappa shape index (κ2) is 3.81. The van der Waals surface area contributed by atoms with E-state index in [1.807, 2.05) is 19.1 Å². The Morgan fingerprint density at radius 2 is 2.27 bits per heavy atom. The standard InChI is InChI=1S/C11H12N2O2/c1-7-8(3-2-6-12-7)9-4-5-10(14)13-11(9)15/h2-3,6,9H,4-5H2,1H3,(H,13,14,15). The number of imide groups is 1. The van der Waals surface area contributed by atoms with Gasteiger partial charge in [-0.2, -0.15) is 0 Å². The number of carbonyl (C=O) groups excluding carboxylic acids is 2. The molecule has 1 fully saturated rings. The maximum atomic E-state index is 11.6. The predicted molar refractivity (Wildman–Crippen MR) is 54.1 cm³/mol. The lowest BCUT2D eigenvalue weighted by atomic mass is 9.90. The third-order valence-corrected chi connectivity index (χ3v) is 2.66. The summed E-state index contributed by atoms with van der Waals surface area (Å²) in [4.78, 5) is 26.7. The first-order valence-corrected chi connectivity index (χ1v) is 4.93. The zero-order valence-corrected chi connectivity index (χ0v) is 8.49. The van der Waals surface area contributed by atoms with Crippen LogP contribution in [0.5, 0.6) is 0 Å². The van der Waals surface area contributed by atoms with E-state index in [0.717, 1.165) is 11.3 Å². The summed E-state index contributed by atoms with van der Waals surface area (Å²) in [6.45, 7) is 1.87. The lowest BCUT2D eigenvalue weighted by Gasteiger charge is -2.21. The molecule has 1 unspecified atom stereocenters. The molecule has 0 aromatic carbocycles. The number of carbonyl (C=O) groups is 2. The third kappa shape index (κ3) is 1.88. The largest absolute Gasteiger partial charge is 0.296 e. The molecule has 4 nitrogen and oxygen atoms in total. The van der Waals surface area contributed by atoms with E-state index >= 15 is 0 Å². The summed E-state index contributed by atoms with van der Waals surface area (Å²) < 4.78 is 0. The van der Waals surface area contributed by atoms with Crippen molar-refractivity contribution in [1.29, 1.82) is 0 Å². The van der Waals surface area contributed by atoms with Crippen molar-refractivity contribution in [1.82, 2.24) is 10.3 Å². The average Bonchev–Trinajstić information content (AvgIpc) is 2.20. The molecule has 1 aromatic heterocycles. The molecule has 0 saturated carbocycles. The van der Waals surface area contributed by atoms with Crippen LogP contribution in [0.15, 0.2) is 18.3 Å². The van der Waals surface area contributed by atoms with Crippen molar-refractivity contribution in [3.8, 4) is 0 Å². The zero-order chi connectivity index (χ0) is 10.8. The van der Waals surface area contributed by atoms with E-state index in [2.05, 4.69) is 10.3 Å². The Morgan fingerprint density at radius 1 is 1.47 bits per heavy atom. The van der Waals surface area contributed by atoms with Crippen LogP contribution in [-0.2, 0) is 9.59 Å². The Balaban J connectivity index is 2.28. The van der Waals surface area contributed by atoms with Crippen molar-refractivity contribution in [2.75, 3.05) is 0 Å². The number of amides is 2. The van der Waals surface area contributed by atoms with Crippen molar-refractivity contribution in [3.63, 3.8) is 0 Å². The van der Waals surface area contributed by atoms with Gasteiger partial charge in [0.15, 0.2) is 0 Å². The minimum atomic E-state index is -0.226. The van der Waals surface area contributed by atoms with Crippen molar-refractivity contribution in [3.05, 3.63) is 29.6 Å². The van der Waals surface area contributed by atoms with E-state index in [0.29, 0.717) is 12.8 Å². The number of hydrogen-bond acceptors (Lipinski definition) is 3. The van der Waals surface area contributed by atoms with Crippen molar-refractivity contribution < 1.29 is 9.59 Å². The highest BCUT2D eigenvalue weighted by atomic mass is 16.2. The molecule has 1 aromatic rings. The van der Waals surface area contributed by atoms with Gasteiger partial charge in [-0.15, -0.1) is 0 Å². The first-order chi connectivity index (χ1) is 7.18. The molecule has 0 bridgehead atoms. The summed E-state index contributed by atoms with van der Waals surface area (Å²) >= 11 is 0. The lowest BCUT2D eigenvalue weighted by Crippen LogP contribution is -2.39. The fourth-order valence-electron chi connectivity index (χ4n) is 1.86. The van der Waals surface area contributed by atoms with E-state index in [4.69, 9.17) is 0 Å². The van der Waals surface area contributed by atoms with E-state index < -0.39 is 0 Å². The summed E-state index contributed by atoms with van der Waals surface area (Å²) in [5.74, 6) is -0.614. The Labute approximate surface area is 87.7 Å². The van der Waals surface area contributed by atoms with Crippen LogP contribution >= 0.6 is 0 Å². The Hall–Kier alpha value is -1.71. The van der Waals surface area contributed by atoms with Crippen LogP contribution in [0.2, 0.25) is 0 Å². The maximum Gasteiger partial charge on any atom is 0.234 e. The van der Waals surface area contributed by atoms with Crippen LogP contribution in [0, 0.1) is 6.92 Å². The summed E-state index contributed by atoms with van der Waals surface area (Å²) in [5, 5.41) is 2.35. The molecule has 4 heteroatoms. The van der Waals surface area contributed by atoms with E-state index in [1.54, 1.807) is 6.20 Å². The first kappa shape index (κ1) is 9.83. The molecule has 0 aliphatic carbocycles. The van der Waals surface area contributed by atoms with Gasteiger partial charge in [-0.05, 0) is 25.0 Å². The Morgan fingerprint density at radius 3 is 2.93 bits per heavy atom. The fourth-order valence-corrected chi connectivity index (χ4v) is 1.86. The average molecular weight is 204 g/mol. The molecule has 1 atom stereocenters. The van der Waals surface area contributed by atoms with Crippen LogP contribution in [0.25, 0.3) is 0 Å². The molecule has 78 valence electrons. The molecular formula is C11H12N2O2. The quantitative estimate of drug-likeness (QED) is 0.692. The smallest absolute Gasteiger partial charge is 0.234 e. The summed E-state index contributed by atoms with van der Waals surface area (Å²) in [5.41, 5.74) is 1.77. The van der Waals surface area contributed by atoms with Gasteiger partial charge in [0.2, 0.25) is 11.8 Å². The van der Waals surface area contributed by atoms with Crippen molar-refractivity contribution in [2.45, 2.75) is 25.7 Å². The number of piperidine rings is 1. The Kier molecular flexibility index (Phi) is 2.49. The molecular weight excluding hydrogens is 192 g/mol. The zero-order valence-electron chi connectivity index (χ0n) is 8.49. The predicted octanol–water partition coefficient (Wildman–Crippen LogP) is 0.910. The van der Waals surface area contributed by atoms with Gasteiger partial charge in [-0.25, -0.2) is 0 Å². The van der Waals surface area contributed by atoms with Gasteiger partial charge >= 0.3 is 0 Å². The molecule has 1 aliphatic heterocycles. The summed E-state index contributed by atoms with van der Waals surface area (Å²) in [6, 6.07) is 3.70. The van der Waals surface area contributed by atoms with Gasteiger partial charge in [0.25, 0.3) is 0 Å². The third-order valence-electron chi connectivity index (χ3n) is 2.66.